The van der Waals surface area contributed by atoms with Gasteiger partial charge < -0.3 is 19.7 Å². The normalized spacial score (nSPS) is 12.9. The number of nitrogens with one attached hydrogen (secondary N) is 2. The summed E-state index contributed by atoms with van der Waals surface area (Å²) in [4.78, 5) is 13.6. The molecular weight excluding hydrogens is 328 g/mol. The minimum absolute atomic E-state index is 0.0307. The van der Waals surface area contributed by atoms with Gasteiger partial charge in [-0.2, -0.15) is 0 Å². The van der Waals surface area contributed by atoms with Crippen LogP contribution in [-0.4, -0.2) is 32.7 Å². The van der Waals surface area contributed by atoms with E-state index in [1.807, 2.05) is 57.3 Å². The molecule has 140 valence electrons. The maximum Gasteiger partial charge on any atom is 0.279 e. The van der Waals surface area contributed by atoms with Gasteiger partial charge >= 0.3 is 0 Å². The van der Waals surface area contributed by atoms with Crippen LogP contribution >= 0.6 is 0 Å². The molecule has 0 bridgehead atoms. The lowest BCUT2D eigenvalue weighted by molar-refractivity contribution is -0.902. The molecule has 2 rings (SSSR count). The first-order chi connectivity index (χ1) is 12.5. The van der Waals surface area contributed by atoms with E-state index in [1.165, 1.54) is 5.56 Å². The van der Waals surface area contributed by atoms with Gasteiger partial charge in [0.05, 0.1) is 20.3 Å². The summed E-state index contributed by atoms with van der Waals surface area (Å²) in [7, 11) is 2.03. The van der Waals surface area contributed by atoms with Gasteiger partial charge in [0.15, 0.2) is 18.0 Å². The summed E-state index contributed by atoms with van der Waals surface area (Å²) in [6, 6.07) is 15.9. The quantitative estimate of drug-likeness (QED) is 0.725. The van der Waals surface area contributed by atoms with E-state index in [4.69, 9.17) is 9.47 Å². The summed E-state index contributed by atoms with van der Waals surface area (Å²) >= 11 is 0. The van der Waals surface area contributed by atoms with Gasteiger partial charge in [-0.3, -0.25) is 4.79 Å². The third-order valence-corrected chi connectivity index (χ3v) is 4.31. The number of carbonyl (C=O) groups excluding carboxylic acids is 1. The summed E-state index contributed by atoms with van der Waals surface area (Å²) in [6.45, 7) is 7.47. The maximum absolute atomic E-state index is 12.4. The minimum Gasteiger partial charge on any atom is -0.490 e. The molecule has 2 aromatic carbocycles. The van der Waals surface area contributed by atoms with Crippen molar-refractivity contribution in [1.82, 2.24) is 0 Å². The predicted octanol–water partition coefficient (Wildman–Crippen LogP) is 2.70. The lowest BCUT2D eigenvalue weighted by Gasteiger charge is -2.21. The van der Waals surface area contributed by atoms with E-state index < -0.39 is 0 Å². The average Bonchev–Trinajstić information content (AvgIpc) is 2.64. The molecule has 26 heavy (non-hydrogen) atoms. The van der Waals surface area contributed by atoms with E-state index in [0.29, 0.717) is 36.9 Å². The van der Waals surface area contributed by atoms with Gasteiger partial charge in [0, 0.05) is 17.3 Å². The van der Waals surface area contributed by atoms with Crippen LogP contribution in [0.3, 0.4) is 0 Å². The second-order valence-electron chi connectivity index (χ2n) is 6.23. The average molecular weight is 357 g/mol. The highest BCUT2D eigenvalue weighted by Crippen LogP contribution is 2.30. The molecule has 0 saturated heterocycles. The molecule has 0 heterocycles. The van der Waals surface area contributed by atoms with E-state index in [2.05, 4.69) is 24.4 Å². The molecule has 0 aliphatic carbocycles. The first kappa shape index (κ1) is 19.8. The Morgan fingerprint density at radius 2 is 1.69 bits per heavy atom. The number of benzene rings is 2. The molecule has 0 aromatic heterocycles. The van der Waals surface area contributed by atoms with Crippen LogP contribution in [0.4, 0.5) is 5.69 Å². The number of carbonyl (C=O) groups is 1. The van der Waals surface area contributed by atoms with Crippen LogP contribution in [0.25, 0.3) is 0 Å². The fraction of sp³-hybridized carbons (Fsp3) is 0.381. The van der Waals surface area contributed by atoms with Crippen molar-refractivity contribution in [1.29, 1.82) is 0 Å². The molecule has 0 radical (unpaired) electrons. The topological polar surface area (TPSA) is 52.0 Å². The molecule has 5 nitrogen and oxygen atoms in total. The Balaban J connectivity index is 1.99. The number of quaternary nitrogens is 1. The summed E-state index contributed by atoms with van der Waals surface area (Å²) in [6.07, 6.45) is 0. The Kier molecular flexibility index (Phi) is 7.48. The lowest BCUT2D eigenvalue weighted by atomic mass is 10.1. The zero-order valence-electron chi connectivity index (χ0n) is 16.0. The number of anilines is 1. The molecule has 2 aromatic rings. The molecule has 1 unspecified atom stereocenters. The fourth-order valence-corrected chi connectivity index (χ4v) is 2.77. The van der Waals surface area contributed by atoms with Crippen molar-refractivity contribution >= 4 is 11.6 Å². The van der Waals surface area contributed by atoms with Crippen molar-refractivity contribution in [2.24, 2.45) is 0 Å². The molecule has 0 fully saturated rings. The fourth-order valence-electron chi connectivity index (χ4n) is 2.77. The summed E-state index contributed by atoms with van der Waals surface area (Å²) in [5, 5.41) is 2.95. The Bertz CT molecular complexity index is 704. The Morgan fingerprint density at radius 1 is 1.04 bits per heavy atom. The molecule has 2 N–H and O–H groups in total. The van der Waals surface area contributed by atoms with Gasteiger partial charge in [-0.15, -0.1) is 0 Å². The van der Waals surface area contributed by atoms with Crippen LogP contribution in [0, 0.1) is 0 Å². The Hall–Kier alpha value is -2.53. The van der Waals surface area contributed by atoms with Gasteiger partial charge in [0.25, 0.3) is 5.91 Å². The van der Waals surface area contributed by atoms with E-state index in [1.54, 1.807) is 0 Å². The van der Waals surface area contributed by atoms with Crippen molar-refractivity contribution in [2.45, 2.75) is 26.8 Å². The molecule has 1 amide bonds. The lowest BCUT2D eigenvalue weighted by Crippen LogP contribution is -3.10. The van der Waals surface area contributed by atoms with Gasteiger partial charge in [0.2, 0.25) is 0 Å². The van der Waals surface area contributed by atoms with Crippen molar-refractivity contribution in [3.63, 3.8) is 0 Å². The van der Waals surface area contributed by atoms with Crippen molar-refractivity contribution in [3.8, 4) is 11.5 Å². The number of hydrogen-bond donors (Lipinski definition) is 2. The number of ether oxygens (including phenoxy) is 2. The highest BCUT2D eigenvalue weighted by Gasteiger charge is 2.18. The first-order valence-electron chi connectivity index (χ1n) is 9.11. The number of likely N-dealkylation sites (N-methyl/N-ethyl adjacent to an activating group) is 1. The van der Waals surface area contributed by atoms with Crippen molar-refractivity contribution in [2.75, 3.05) is 32.1 Å². The first-order valence-corrected chi connectivity index (χ1v) is 9.11. The zero-order chi connectivity index (χ0) is 18.9. The molecule has 0 saturated carbocycles. The van der Waals surface area contributed by atoms with Crippen LogP contribution < -0.4 is 19.7 Å². The largest absolute Gasteiger partial charge is 0.490 e. The molecule has 0 aliphatic heterocycles. The van der Waals surface area contributed by atoms with Gasteiger partial charge in [0.1, 0.15) is 6.04 Å². The smallest absolute Gasteiger partial charge is 0.279 e. The third kappa shape index (κ3) is 5.49. The molecular formula is C21H29N2O3+. The van der Waals surface area contributed by atoms with Crippen LogP contribution in [0.5, 0.6) is 11.5 Å². The standard InChI is InChI=1S/C21H28N2O3/c1-5-25-19-13-12-18(14-20(19)26-6-2)22-21(24)15-23(4)16(3)17-10-8-7-9-11-17/h7-14,16H,5-6,15H2,1-4H3,(H,22,24)/p+1/t16-/m0/s1. The molecule has 0 aliphatic rings. The highest BCUT2D eigenvalue weighted by molar-refractivity contribution is 5.91. The molecule has 0 spiro atoms. The SMILES string of the molecule is CCOc1ccc(NC(=O)C[NH+](C)[C@@H](C)c2ccccc2)cc1OCC. The van der Waals surface area contributed by atoms with Crippen LogP contribution in [-0.2, 0) is 4.79 Å². The van der Waals surface area contributed by atoms with E-state index in [9.17, 15) is 4.79 Å². The van der Waals surface area contributed by atoms with Gasteiger partial charge in [-0.05, 0) is 32.9 Å². The van der Waals surface area contributed by atoms with Gasteiger partial charge in [-0.25, -0.2) is 0 Å². The number of rotatable bonds is 9. The van der Waals surface area contributed by atoms with Crippen LogP contribution in [0.15, 0.2) is 48.5 Å². The molecule has 5 heteroatoms. The predicted molar refractivity (Wildman–Crippen MR) is 104 cm³/mol. The van der Waals surface area contributed by atoms with Crippen molar-refractivity contribution in [3.05, 3.63) is 54.1 Å². The van der Waals surface area contributed by atoms with Gasteiger partial charge in [-0.1, -0.05) is 30.3 Å². The van der Waals surface area contributed by atoms with Crippen LogP contribution in [0.2, 0.25) is 0 Å². The maximum atomic E-state index is 12.4. The van der Waals surface area contributed by atoms with Crippen molar-refractivity contribution < 1.29 is 19.2 Å². The zero-order valence-corrected chi connectivity index (χ0v) is 16.0. The second-order valence-corrected chi connectivity index (χ2v) is 6.23. The summed E-state index contributed by atoms with van der Waals surface area (Å²) in [5.74, 6) is 1.30. The third-order valence-electron chi connectivity index (χ3n) is 4.31. The van der Waals surface area contributed by atoms with E-state index >= 15 is 0 Å². The number of hydrogen-bond acceptors (Lipinski definition) is 3. The highest BCUT2D eigenvalue weighted by atomic mass is 16.5. The summed E-state index contributed by atoms with van der Waals surface area (Å²) in [5.41, 5.74) is 1.93. The van der Waals surface area contributed by atoms with Crippen LogP contribution in [0.1, 0.15) is 32.4 Å². The Labute approximate surface area is 155 Å². The van der Waals surface area contributed by atoms with E-state index in [0.717, 1.165) is 4.90 Å². The summed E-state index contributed by atoms with van der Waals surface area (Å²) < 4.78 is 11.2. The number of amides is 1. The van der Waals surface area contributed by atoms with E-state index in [-0.39, 0.29) is 11.9 Å². The Morgan fingerprint density at radius 3 is 2.35 bits per heavy atom. The minimum atomic E-state index is -0.0307. The molecule has 2 atom stereocenters. The second kappa shape index (κ2) is 9.82. The monoisotopic (exact) mass is 357 g/mol.